The molecule has 2 aromatic heterocycles. The number of nitrogens with zero attached hydrogens (tertiary/aromatic N) is 7. The fourth-order valence-corrected chi connectivity index (χ4v) is 4.36. The molecule has 0 spiro atoms. The Bertz CT molecular complexity index is 1070. The van der Waals surface area contributed by atoms with Crippen LogP contribution >= 0.6 is 0 Å². The van der Waals surface area contributed by atoms with Gasteiger partial charge in [-0.1, -0.05) is 6.92 Å². The number of halogens is 1. The van der Waals surface area contributed by atoms with Crippen molar-refractivity contribution in [3.8, 4) is 0 Å². The molecule has 2 aliphatic heterocycles. The zero-order valence-electron chi connectivity index (χ0n) is 21.4. The van der Waals surface area contributed by atoms with E-state index in [-0.39, 0.29) is 19.1 Å². The Morgan fingerprint density at radius 2 is 1.89 bits per heavy atom. The smallest absolute Gasteiger partial charge is 0.413 e. The minimum atomic E-state index is -1.22. The highest BCUT2D eigenvalue weighted by Crippen LogP contribution is 2.23. The lowest BCUT2D eigenvalue weighted by Crippen LogP contribution is -2.55. The molecule has 2 saturated heterocycles. The van der Waals surface area contributed by atoms with E-state index in [0.717, 1.165) is 38.0 Å². The van der Waals surface area contributed by atoms with Crippen LogP contribution in [0.15, 0.2) is 24.7 Å². The van der Waals surface area contributed by atoms with Gasteiger partial charge in [0, 0.05) is 39.4 Å². The monoisotopic (exact) mass is 515 g/mol. The van der Waals surface area contributed by atoms with Gasteiger partial charge in [-0.05, 0) is 38.8 Å². The van der Waals surface area contributed by atoms with Gasteiger partial charge in [0.25, 0.3) is 0 Å². The van der Waals surface area contributed by atoms with Gasteiger partial charge in [-0.25, -0.2) is 23.9 Å². The first-order chi connectivity index (χ1) is 17.8. The van der Waals surface area contributed by atoms with Crippen LogP contribution in [0, 0.1) is 0 Å². The molecule has 0 bridgehead atoms. The molecule has 2 atom stereocenters. The molecule has 12 nitrogen and oxygen atoms in total. The molecule has 37 heavy (non-hydrogen) atoms. The summed E-state index contributed by atoms with van der Waals surface area (Å²) in [5, 5.41) is 5.33. The van der Waals surface area contributed by atoms with Gasteiger partial charge in [0.15, 0.2) is 5.82 Å². The molecule has 0 aromatic carbocycles. The van der Waals surface area contributed by atoms with E-state index < -0.39 is 24.3 Å². The molecule has 0 unspecified atom stereocenters. The Hall–Kier alpha value is -3.61. The van der Waals surface area contributed by atoms with Crippen molar-refractivity contribution in [1.29, 1.82) is 0 Å². The summed E-state index contributed by atoms with van der Waals surface area (Å²) in [6.07, 6.45) is 5.21. The lowest BCUT2D eigenvalue weighted by Gasteiger charge is -2.39. The normalized spacial score (nSPS) is 20.8. The first-order valence-electron chi connectivity index (χ1n) is 12.6. The van der Waals surface area contributed by atoms with Crippen LogP contribution in [0.3, 0.4) is 0 Å². The molecule has 4 rings (SSSR count). The number of aromatic nitrogens is 4. The summed E-state index contributed by atoms with van der Waals surface area (Å²) in [6, 6.07) is 0.357. The van der Waals surface area contributed by atoms with Crippen molar-refractivity contribution in [1.82, 2.24) is 29.7 Å². The fraction of sp³-hybridized carbons (Fsp3) is 0.583. The van der Waals surface area contributed by atoms with Gasteiger partial charge < -0.3 is 19.4 Å². The molecular weight excluding hydrogens is 481 g/mol. The number of rotatable bonds is 6. The van der Waals surface area contributed by atoms with Crippen molar-refractivity contribution in [3.63, 3.8) is 0 Å². The second-order valence-electron chi connectivity index (χ2n) is 9.38. The van der Waals surface area contributed by atoms with E-state index in [1.807, 2.05) is 14.0 Å². The number of aryl methyl sites for hydroxylation is 1. The molecule has 4 heterocycles. The zero-order chi connectivity index (χ0) is 26.4. The Balaban J connectivity index is 1.35. The third-order valence-corrected chi connectivity index (χ3v) is 6.72. The van der Waals surface area contributed by atoms with Crippen LogP contribution in [-0.2, 0) is 11.2 Å². The highest BCUT2D eigenvalue weighted by atomic mass is 19.1. The van der Waals surface area contributed by atoms with Crippen LogP contribution in [-0.4, -0.2) is 100 Å². The summed E-state index contributed by atoms with van der Waals surface area (Å²) in [4.78, 5) is 47.6. The van der Waals surface area contributed by atoms with Crippen molar-refractivity contribution >= 4 is 29.7 Å². The van der Waals surface area contributed by atoms with Crippen molar-refractivity contribution in [2.45, 2.75) is 50.9 Å². The summed E-state index contributed by atoms with van der Waals surface area (Å²) >= 11 is 0. The molecule has 13 heteroatoms. The number of likely N-dealkylation sites (tertiary alicyclic amines) is 1. The van der Waals surface area contributed by atoms with Crippen LogP contribution in [0.2, 0.25) is 0 Å². The van der Waals surface area contributed by atoms with Gasteiger partial charge in [0.1, 0.15) is 18.1 Å². The zero-order valence-corrected chi connectivity index (χ0v) is 21.4. The number of hydrogen-bond donors (Lipinski definition) is 2. The lowest BCUT2D eigenvalue weighted by molar-refractivity contribution is 0.0661. The topological polar surface area (TPSA) is 129 Å². The minimum absolute atomic E-state index is 0.126. The summed E-state index contributed by atoms with van der Waals surface area (Å²) in [7, 11) is 3.58. The SMILES string of the molecule is CCc1cnc(NC(=O)N(C)[C@H]2CN(c3nccc(NC(=O)OC4CCN(C)CC4)n3)CC[C@H]2F)cn1. The first kappa shape index (κ1) is 26.5. The van der Waals surface area contributed by atoms with Crippen LogP contribution in [0.5, 0.6) is 0 Å². The summed E-state index contributed by atoms with van der Waals surface area (Å²) in [6.45, 7) is 4.29. The maximum atomic E-state index is 14.9. The second kappa shape index (κ2) is 12.1. The number of alkyl halides is 1. The highest BCUT2D eigenvalue weighted by molar-refractivity contribution is 5.88. The van der Waals surface area contributed by atoms with Gasteiger partial charge in [0.2, 0.25) is 5.95 Å². The van der Waals surface area contributed by atoms with Gasteiger partial charge in [-0.3, -0.25) is 15.6 Å². The molecule has 3 amide bonds. The molecule has 2 aliphatic rings. The molecule has 200 valence electrons. The predicted octanol–water partition coefficient (Wildman–Crippen LogP) is 2.55. The van der Waals surface area contributed by atoms with Crippen LogP contribution < -0.4 is 15.5 Å². The number of carbonyl (C=O) groups excluding carboxylic acids is 2. The molecule has 0 radical (unpaired) electrons. The average molecular weight is 516 g/mol. The maximum absolute atomic E-state index is 14.9. The van der Waals surface area contributed by atoms with Gasteiger partial charge in [-0.15, -0.1) is 0 Å². The van der Waals surface area contributed by atoms with Gasteiger partial charge >= 0.3 is 12.1 Å². The Kier molecular flexibility index (Phi) is 8.64. The van der Waals surface area contributed by atoms with E-state index in [1.165, 1.54) is 17.3 Å². The Morgan fingerprint density at radius 3 is 2.59 bits per heavy atom. The lowest BCUT2D eigenvalue weighted by atomic mass is 10.0. The van der Waals surface area contributed by atoms with E-state index in [9.17, 15) is 14.0 Å². The average Bonchev–Trinajstić information content (AvgIpc) is 2.90. The number of likely N-dealkylation sites (N-methyl/N-ethyl adjacent to an activating group) is 1. The Morgan fingerprint density at radius 1 is 1.11 bits per heavy atom. The number of hydrogen-bond acceptors (Lipinski definition) is 9. The third kappa shape index (κ3) is 7.00. The van der Waals surface area contributed by atoms with Crippen LogP contribution in [0.1, 0.15) is 31.9 Å². The maximum Gasteiger partial charge on any atom is 0.413 e. The van der Waals surface area contributed by atoms with E-state index in [4.69, 9.17) is 4.74 Å². The van der Waals surface area contributed by atoms with Crippen molar-refractivity contribution < 1.29 is 18.7 Å². The quantitative estimate of drug-likeness (QED) is 0.596. The number of amides is 3. The van der Waals surface area contributed by atoms with Crippen molar-refractivity contribution in [2.24, 2.45) is 0 Å². The van der Waals surface area contributed by atoms with E-state index >= 15 is 0 Å². The second-order valence-corrected chi connectivity index (χ2v) is 9.38. The number of ether oxygens (including phenoxy) is 1. The van der Waals surface area contributed by atoms with E-state index in [0.29, 0.717) is 24.1 Å². The predicted molar refractivity (Wildman–Crippen MR) is 136 cm³/mol. The van der Waals surface area contributed by atoms with Crippen molar-refractivity contribution in [2.75, 3.05) is 55.8 Å². The molecule has 2 aromatic rings. The number of piperidine rings is 2. The standard InChI is InChI=1S/C24H34FN9O3/c1-4-16-13-28-21(14-27-16)30-23(35)33(3)19-15-34(12-8-18(19)25)22-26-9-5-20(29-22)31-24(36)37-17-6-10-32(2)11-7-17/h5,9,13-14,17-19H,4,6-8,10-12,15H2,1-3H3,(H,28,30,35)(H,26,29,31,36)/t18-,19+/m1/s1. The van der Waals surface area contributed by atoms with Crippen LogP contribution in [0.4, 0.5) is 31.6 Å². The third-order valence-electron chi connectivity index (χ3n) is 6.72. The first-order valence-corrected chi connectivity index (χ1v) is 12.6. The number of urea groups is 1. The Labute approximate surface area is 215 Å². The largest absolute Gasteiger partial charge is 0.446 e. The summed E-state index contributed by atoms with van der Waals surface area (Å²) in [5.41, 5.74) is 0.810. The van der Waals surface area contributed by atoms with Gasteiger partial charge in [-0.2, -0.15) is 4.98 Å². The number of carbonyl (C=O) groups is 2. The molecule has 2 fully saturated rings. The fourth-order valence-electron chi connectivity index (χ4n) is 4.36. The number of anilines is 3. The van der Waals surface area contributed by atoms with E-state index in [2.05, 4.69) is 35.5 Å². The molecule has 0 saturated carbocycles. The van der Waals surface area contributed by atoms with E-state index in [1.54, 1.807) is 24.2 Å². The molecular formula is C24H34FN9O3. The summed E-state index contributed by atoms with van der Waals surface area (Å²) in [5.74, 6) is 0.928. The molecule has 2 N–H and O–H groups in total. The highest BCUT2D eigenvalue weighted by Gasteiger charge is 2.35. The number of nitrogens with one attached hydrogen (secondary N) is 2. The van der Waals surface area contributed by atoms with Gasteiger partial charge in [0.05, 0.1) is 24.1 Å². The minimum Gasteiger partial charge on any atom is -0.446 e. The molecule has 0 aliphatic carbocycles. The van der Waals surface area contributed by atoms with Crippen LogP contribution in [0.25, 0.3) is 0 Å². The summed E-state index contributed by atoms with van der Waals surface area (Å²) < 4.78 is 20.4. The van der Waals surface area contributed by atoms with Crippen molar-refractivity contribution in [3.05, 3.63) is 30.4 Å².